The molecule has 0 amide bonds. The van der Waals surface area contributed by atoms with Gasteiger partial charge in [0.25, 0.3) is 0 Å². The third-order valence-electron chi connectivity index (χ3n) is 4.61. The van der Waals surface area contributed by atoms with Crippen LogP contribution in [0, 0.1) is 0 Å². The van der Waals surface area contributed by atoms with E-state index in [1.807, 2.05) is 24.3 Å². The number of nitrogens with zero attached hydrogens (tertiary/aromatic N) is 4. The molecule has 0 aliphatic rings. The minimum absolute atomic E-state index is 0.103. The molecule has 4 aromatic rings. The van der Waals surface area contributed by atoms with Gasteiger partial charge in [0.05, 0.1) is 26.0 Å². The molecule has 2 heterocycles. The standard InChI is InChI=1S/C24H22F2N4O4/c25-24(26)34-22-8-1-18(2-9-22)5-10-23-28-20(17-33-23)16-32-21-6-3-19(4-7-21)15-31-14-13-30-12-11-27-29-30/h1-12,17,24H,13-16H2. The molecule has 0 bridgehead atoms. The summed E-state index contributed by atoms with van der Waals surface area (Å²) in [5, 5.41) is 7.63. The van der Waals surface area contributed by atoms with E-state index in [1.165, 1.54) is 18.4 Å². The maximum atomic E-state index is 12.2. The Morgan fingerprint density at radius 3 is 2.50 bits per heavy atom. The van der Waals surface area contributed by atoms with Crippen molar-refractivity contribution in [3.05, 3.63) is 89.9 Å². The molecule has 0 atom stereocenters. The van der Waals surface area contributed by atoms with Crippen molar-refractivity contribution in [2.24, 2.45) is 0 Å². The zero-order valence-electron chi connectivity index (χ0n) is 18.1. The maximum absolute atomic E-state index is 12.2. The van der Waals surface area contributed by atoms with E-state index in [1.54, 1.807) is 41.4 Å². The molecule has 0 fully saturated rings. The van der Waals surface area contributed by atoms with E-state index in [4.69, 9.17) is 13.9 Å². The highest BCUT2D eigenvalue weighted by molar-refractivity contribution is 5.66. The lowest BCUT2D eigenvalue weighted by atomic mass is 10.2. The Labute approximate surface area is 194 Å². The van der Waals surface area contributed by atoms with Gasteiger partial charge in [-0.1, -0.05) is 29.5 Å². The lowest BCUT2D eigenvalue weighted by molar-refractivity contribution is -0.0498. The SMILES string of the molecule is FC(F)Oc1ccc(C=Cc2nc(COc3ccc(COCCn4ccnn4)cc3)co2)cc1. The van der Waals surface area contributed by atoms with Crippen molar-refractivity contribution in [2.45, 2.75) is 26.4 Å². The number of oxazole rings is 1. The number of hydrogen-bond acceptors (Lipinski definition) is 7. The van der Waals surface area contributed by atoms with Gasteiger partial charge in [-0.15, -0.1) is 5.10 Å². The zero-order chi connectivity index (χ0) is 23.6. The summed E-state index contributed by atoms with van der Waals surface area (Å²) in [5.74, 6) is 1.22. The average Bonchev–Trinajstić information content (AvgIpc) is 3.53. The van der Waals surface area contributed by atoms with Gasteiger partial charge in [0, 0.05) is 12.3 Å². The molecule has 0 spiro atoms. The summed E-state index contributed by atoms with van der Waals surface area (Å²) in [5.41, 5.74) is 2.47. The van der Waals surface area contributed by atoms with Gasteiger partial charge in [-0.3, -0.25) is 4.68 Å². The van der Waals surface area contributed by atoms with Crippen molar-refractivity contribution in [2.75, 3.05) is 6.61 Å². The van der Waals surface area contributed by atoms with Crippen molar-refractivity contribution < 1.29 is 27.4 Å². The van der Waals surface area contributed by atoms with Crippen LogP contribution in [0.3, 0.4) is 0 Å². The Hall–Kier alpha value is -4.05. The van der Waals surface area contributed by atoms with Crippen molar-refractivity contribution in [1.82, 2.24) is 20.0 Å². The zero-order valence-corrected chi connectivity index (χ0v) is 18.1. The highest BCUT2D eigenvalue weighted by Gasteiger charge is 2.05. The van der Waals surface area contributed by atoms with Gasteiger partial charge >= 0.3 is 6.61 Å². The lowest BCUT2D eigenvalue weighted by Gasteiger charge is -2.07. The first-order valence-corrected chi connectivity index (χ1v) is 10.4. The van der Waals surface area contributed by atoms with E-state index in [9.17, 15) is 8.78 Å². The fraction of sp³-hybridized carbons (Fsp3) is 0.208. The summed E-state index contributed by atoms with van der Waals surface area (Å²) in [4.78, 5) is 4.35. The third kappa shape index (κ3) is 7.24. The van der Waals surface area contributed by atoms with Crippen LogP contribution in [0.2, 0.25) is 0 Å². The second-order valence-corrected chi connectivity index (χ2v) is 7.11. The van der Waals surface area contributed by atoms with Crippen LogP contribution in [0.5, 0.6) is 11.5 Å². The largest absolute Gasteiger partial charge is 0.487 e. The molecule has 34 heavy (non-hydrogen) atoms. The second-order valence-electron chi connectivity index (χ2n) is 7.11. The van der Waals surface area contributed by atoms with E-state index in [0.29, 0.717) is 37.1 Å². The molecule has 0 radical (unpaired) electrons. The fourth-order valence-corrected chi connectivity index (χ4v) is 2.93. The number of benzene rings is 2. The van der Waals surface area contributed by atoms with Crippen molar-refractivity contribution in [3.8, 4) is 11.5 Å². The molecule has 176 valence electrons. The van der Waals surface area contributed by atoms with Gasteiger partial charge in [-0.05, 0) is 41.5 Å². The minimum atomic E-state index is -2.84. The van der Waals surface area contributed by atoms with Crippen molar-refractivity contribution in [3.63, 3.8) is 0 Å². The van der Waals surface area contributed by atoms with Crippen LogP contribution in [0.4, 0.5) is 8.78 Å². The average molecular weight is 468 g/mol. The molecular formula is C24H22F2N4O4. The van der Waals surface area contributed by atoms with Crippen LogP contribution in [0.15, 0.2) is 71.6 Å². The summed E-state index contributed by atoms with van der Waals surface area (Å²) < 4.78 is 47.3. The predicted octanol–water partition coefficient (Wildman–Crippen LogP) is 4.83. The smallest absolute Gasteiger partial charge is 0.387 e. The summed E-state index contributed by atoms with van der Waals surface area (Å²) in [6.45, 7) is -0.898. The summed E-state index contributed by atoms with van der Waals surface area (Å²) >= 11 is 0. The summed E-state index contributed by atoms with van der Waals surface area (Å²) in [6, 6.07) is 13.9. The van der Waals surface area contributed by atoms with Crippen LogP contribution in [-0.4, -0.2) is 33.2 Å². The quantitative estimate of drug-likeness (QED) is 0.275. The second kappa shape index (κ2) is 11.7. The van der Waals surface area contributed by atoms with E-state index in [0.717, 1.165) is 11.1 Å². The Morgan fingerprint density at radius 1 is 0.971 bits per heavy atom. The molecule has 8 nitrogen and oxygen atoms in total. The van der Waals surface area contributed by atoms with Gasteiger partial charge < -0.3 is 18.6 Å². The van der Waals surface area contributed by atoms with Crippen LogP contribution in [-0.2, 0) is 24.5 Å². The highest BCUT2D eigenvalue weighted by atomic mass is 19.3. The summed E-state index contributed by atoms with van der Waals surface area (Å²) in [7, 11) is 0. The Bertz CT molecular complexity index is 1160. The number of ether oxygens (including phenoxy) is 3. The minimum Gasteiger partial charge on any atom is -0.487 e. The fourth-order valence-electron chi connectivity index (χ4n) is 2.93. The van der Waals surface area contributed by atoms with Gasteiger partial charge in [0.2, 0.25) is 5.89 Å². The molecular weight excluding hydrogens is 446 g/mol. The van der Waals surface area contributed by atoms with Crippen LogP contribution < -0.4 is 9.47 Å². The van der Waals surface area contributed by atoms with Gasteiger partial charge in [0.15, 0.2) is 0 Å². The molecule has 2 aromatic carbocycles. The van der Waals surface area contributed by atoms with E-state index in [2.05, 4.69) is 20.0 Å². The topological polar surface area (TPSA) is 84.4 Å². The van der Waals surface area contributed by atoms with Crippen LogP contribution in [0.25, 0.3) is 12.2 Å². The number of hydrogen-bond donors (Lipinski definition) is 0. The Kier molecular flexibility index (Phi) is 7.96. The highest BCUT2D eigenvalue weighted by Crippen LogP contribution is 2.18. The van der Waals surface area contributed by atoms with Gasteiger partial charge in [0.1, 0.15) is 30.1 Å². The molecule has 10 heteroatoms. The van der Waals surface area contributed by atoms with Gasteiger partial charge in [-0.2, -0.15) is 8.78 Å². The van der Waals surface area contributed by atoms with E-state index in [-0.39, 0.29) is 12.4 Å². The first-order valence-electron chi connectivity index (χ1n) is 10.4. The molecule has 2 aromatic heterocycles. The van der Waals surface area contributed by atoms with E-state index < -0.39 is 6.61 Å². The summed E-state index contributed by atoms with van der Waals surface area (Å²) in [6.07, 6.45) is 8.39. The molecule has 4 rings (SSSR count). The van der Waals surface area contributed by atoms with E-state index >= 15 is 0 Å². The van der Waals surface area contributed by atoms with Crippen LogP contribution in [0.1, 0.15) is 22.7 Å². The molecule has 0 N–H and O–H groups in total. The van der Waals surface area contributed by atoms with Crippen molar-refractivity contribution in [1.29, 1.82) is 0 Å². The molecule has 0 saturated heterocycles. The number of rotatable bonds is 12. The monoisotopic (exact) mass is 468 g/mol. The Balaban J connectivity index is 1.20. The molecule has 0 unspecified atom stereocenters. The third-order valence-corrected chi connectivity index (χ3v) is 4.61. The molecule has 0 aliphatic carbocycles. The number of aromatic nitrogens is 4. The maximum Gasteiger partial charge on any atom is 0.387 e. The number of alkyl halides is 2. The lowest BCUT2D eigenvalue weighted by Crippen LogP contribution is -2.06. The van der Waals surface area contributed by atoms with Gasteiger partial charge in [-0.25, -0.2) is 4.98 Å². The normalized spacial score (nSPS) is 11.4. The predicted molar refractivity (Wildman–Crippen MR) is 119 cm³/mol. The van der Waals surface area contributed by atoms with Crippen molar-refractivity contribution >= 4 is 12.2 Å². The number of halogens is 2. The van der Waals surface area contributed by atoms with Crippen LogP contribution >= 0.6 is 0 Å². The Morgan fingerprint density at radius 2 is 1.76 bits per heavy atom. The molecule has 0 aliphatic heterocycles. The molecule has 0 saturated carbocycles. The first kappa shape index (κ1) is 23.1. The first-order chi connectivity index (χ1) is 16.6.